The molecule has 0 aliphatic carbocycles. The molecule has 0 bridgehead atoms. The van der Waals surface area contributed by atoms with Crippen LogP contribution in [0, 0.1) is 5.82 Å². The number of hydrogen-bond donors (Lipinski definition) is 0. The minimum atomic E-state index is -3.97. The Morgan fingerprint density at radius 1 is 0.815 bits per heavy atom. The number of halogens is 2. The maximum absolute atomic E-state index is 14.4. The Hall–Kier alpha value is -2.38. The second kappa shape index (κ2) is 6.98. The van der Waals surface area contributed by atoms with Crippen LogP contribution in [0.25, 0.3) is 0 Å². The van der Waals surface area contributed by atoms with E-state index in [9.17, 15) is 12.8 Å². The van der Waals surface area contributed by atoms with Gasteiger partial charge in [0.05, 0.1) is 23.6 Å². The average Bonchev–Trinajstić information content (AvgIpc) is 2.89. The van der Waals surface area contributed by atoms with Gasteiger partial charge in [-0.1, -0.05) is 64.5 Å². The molecular weight excluding hydrogens is 431 g/mol. The molecule has 0 fully saturated rings. The van der Waals surface area contributed by atoms with E-state index in [0.717, 1.165) is 15.4 Å². The third-order valence-corrected chi connectivity index (χ3v) is 6.81. The number of nitrogens with zero attached hydrogens (tertiary/aromatic N) is 2. The Kier molecular flexibility index (Phi) is 4.65. The molecule has 138 valence electrons. The van der Waals surface area contributed by atoms with Crippen LogP contribution in [0.5, 0.6) is 0 Å². The van der Waals surface area contributed by atoms with Crippen LogP contribution in [0.15, 0.2) is 72.8 Å². The molecule has 7 heteroatoms. The van der Waals surface area contributed by atoms with Gasteiger partial charge in [-0.05, 0) is 35.4 Å². The molecule has 0 N–H and O–H groups in total. The summed E-state index contributed by atoms with van der Waals surface area (Å²) in [5.74, 6) is -0.584. The quantitative estimate of drug-likeness (QED) is 0.521. The van der Waals surface area contributed by atoms with Gasteiger partial charge in [-0.15, -0.1) is 0 Å². The van der Waals surface area contributed by atoms with Crippen molar-refractivity contribution in [3.8, 4) is 0 Å². The van der Waals surface area contributed by atoms with Crippen molar-refractivity contribution in [1.82, 2.24) is 0 Å². The van der Waals surface area contributed by atoms with E-state index in [1.165, 1.54) is 22.5 Å². The van der Waals surface area contributed by atoms with Crippen LogP contribution in [0.1, 0.15) is 11.1 Å². The van der Waals surface area contributed by atoms with E-state index in [-0.39, 0.29) is 12.2 Å². The lowest BCUT2D eigenvalue weighted by Gasteiger charge is -2.22. The number of hydrogen-bond acceptors (Lipinski definition) is 2. The highest BCUT2D eigenvalue weighted by atomic mass is 79.9. The van der Waals surface area contributed by atoms with Crippen molar-refractivity contribution in [3.05, 3.63) is 89.7 Å². The molecule has 27 heavy (non-hydrogen) atoms. The summed E-state index contributed by atoms with van der Waals surface area (Å²) in [6.07, 6.45) is 0. The predicted molar refractivity (Wildman–Crippen MR) is 109 cm³/mol. The zero-order chi connectivity index (χ0) is 19.0. The Bertz CT molecular complexity index is 1100. The Morgan fingerprint density at radius 3 is 2.15 bits per heavy atom. The molecule has 4 rings (SSSR count). The van der Waals surface area contributed by atoms with Gasteiger partial charge in [0.1, 0.15) is 5.82 Å². The Balaban J connectivity index is 1.83. The first-order chi connectivity index (χ1) is 13.0. The summed E-state index contributed by atoms with van der Waals surface area (Å²) < 4.78 is 43.5. The molecule has 1 aliphatic rings. The summed E-state index contributed by atoms with van der Waals surface area (Å²) in [6, 6.07) is 20.6. The van der Waals surface area contributed by atoms with Crippen molar-refractivity contribution >= 4 is 43.2 Å². The van der Waals surface area contributed by atoms with Gasteiger partial charge in [-0.25, -0.2) is 13.0 Å². The van der Waals surface area contributed by atoms with Gasteiger partial charge in [0.2, 0.25) is 0 Å². The molecule has 3 aromatic carbocycles. The SMILES string of the molecule is O=S1(=O)N(Cc2cccc(CBr)c2)c2ccccc2N1c1ccccc1F. The zero-order valence-corrected chi connectivity index (χ0v) is 16.6. The van der Waals surface area contributed by atoms with E-state index in [0.29, 0.717) is 16.7 Å². The van der Waals surface area contributed by atoms with Crippen LogP contribution in [0.2, 0.25) is 0 Å². The first-order valence-electron chi connectivity index (χ1n) is 8.32. The molecule has 0 atom stereocenters. The first kappa shape index (κ1) is 18.0. The second-order valence-corrected chi connectivity index (χ2v) is 8.43. The molecule has 1 aliphatic heterocycles. The monoisotopic (exact) mass is 446 g/mol. The second-order valence-electron chi connectivity index (χ2n) is 6.17. The van der Waals surface area contributed by atoms with E-state index in [4.69, 9.17) is 0 Å². The molecule has 1 heterocycles. The number of anilines is 3. The number of rotatable bonds is 4. The third-order valence-electron chi connectivity index (χ3n) is 4.42. The smallest absolute Gasteiger partial charge is 0.246 e. The minimum Gasteiger partial charge on any atom is -0.246 e. The van der Waals surface area contributed by atoms with Crippen molar-refractivity contribution in [3.63, 3.8) is 0 Å². The van der Waals surface area contributed by atoms with Crippen LogP contribution < -0.4 is 8.61 Å². The number of alkyl halides is 1. The molecule has 3 aromatic rings. The van der Waals surface area contributed by atoms with Gasteiger partial charge in [0.25, 0.3) is 0 Å². The summed E-state index contributed by atoms with van der Waals surface area (Å²) in [7, 11) is -3.97. The summed E-state index contributed by atoms with van der Waals surface area (Å²) in [5.41, 5.74) is 2.91. The Morgan fingerprint density at radius 2 is 1.44 bits per heavy atom. The van der Waals surface area contributed by atoms with Crippen molar-refractivity contribution in [2.45, 2.75) is 11.9 Å². The van der Waals surface area contributed by atoms with Gasteiger partial charge in [0.15, 0.2) is 0 Å². The highest BCUT2D eigenvalue weighted by molar-refractivity contribution is 9.08. The van der Waals surface area contributed by atoms with E-state index in [1.807, 2.05) is 24.3 Å². The first-order valence-corrected chi connectivity index (χ1v) is 10.8. The zero-order valence-electron chi connectivity index (χ0n) is 14.2. The van der Waals surface area contributed by atoms with Crippen molar-refractivity contribution < 1.29 is 12.8 Å². The minimum absolute atomic E-state index is 0.0154. The predicted octanol–water partition coefficient (Wildman–Crippen LogP) is 5.12. The van der Waals surface area contributed by atoms with Crippen LogP contribution in [0.3, 0.4) is 0 Å². The molecule has 0 saturated carbocycles. The molecule has 0 spiro atoms. The molecule has 0 radical (unpaired) electrons. The van der Waals surface area contributed by atoms with E-state index in [2.05, 4.69) is 15.9 Å². The highest BCUT2D eigenvalue weighted by Crippen LogP contribution is 2.46. The molecule has 0 aromatic heterocycles. The van der Waals surface area contributed by atoms with E-state index >= 15 is 0 Å². The fourth-order valence-electron chi connectivity index (χ4n) is 3.21. The summed E-state index contributed by atoms with van der Waals surface area (Å²) in [6.45, 7) is 0.172. The third kappa shape index (κ3) is 3.11. The fourth-order valence-corrected chi connectivity index (χ4v) is 5.27. The number of para-hydroxylation sites is 3. The largest absolute Gasteiger partial charge is 0.331 e. The van der Waals surface area contributed by atoms with Gasteiger partial charge < -0.3 is 0 Å². The van der Waals surface area contributed by atoms with Gasteiger partial charge >= 0.3 is 10.2 Å². The van der Waals surface area contributed by atoms with Gasteiger partial charge in [-0.2, -0.15) is 8.42 Å². The van der Waals surface area contributed by atoms with E-state index in [1.54, 1.807) is 30.3 Å². The highest BCUT2D eigenvalue weighted by Gasteiger charge is 2.42. The molecular formula is C20H16BrFN2O2S. The lowest BCUT2D eigenvalue weighted by atomic mass is 10.1. The van der Waals surface area contributed by atoms with E-state index < -0.39 is 16.0 Å². The van der Waals surface area contributed by atoms with Crippen molar-refractivity contribution in [1.29, 1.82) is 0 Å². The molecule has 0 unspecified atom stereocenters. The summed E-state index contributed by atoms with van der Waals surface area (Å²) in [4.78, 5) is 0. The maximum Gasteiger partial charge on any atom is 0.331 e. The maximum atomic E-state index is 14.4. The standard InChI is InChI=1S/C20H16BrFN2O2S/c21-13-15-6-5-7-16(12-15)14-23-19-10-3-4-11-20(19)24(27(23,25)26)18-9-2-1-8-17(18)22/h1-12H,13-14H2. The van der Waals surface area contributed by atoms with Crippen LogP contribution >= 0.6 is 15.9 Å². The fraction of sp³-hybridized carbons (Fsp3) is 0.100. The molecule has 0 saturated heterocycles. The van der Waals surface area contributed by atoms with Crippen LogP contribution in [0.4, 0.5) is 21.5 Å². The topological polar surface area (TPSA) is 40.6 Å². The van der Waals surface area contributed by atoms with Crippen molar-refractivity contribution in [2.75, 3.05) is 8.61 Å². The van der Waals surface area contributed by atoms with Crippen LogP contribution in [-0.4, -0.2) is 8.42 Å². The molecule has 4 nitrogen and oxygen atoms in total. The van der Waals surface area contributed by atoms with Gasteiger partial charge in [0, 0.05) is 5.33 Å². The lowest BCUT2D eigenvalue weighted by Crippen LogP contribution is -2.35. The number of benzene rings is 3. The summed E-state index contributed by atoms with van der Waals surface area (Å²) >= 11 is 3.42. The lowest BCUT2D eigenvalue weighted by molar-refractivity contribution is 0.590. The molecule has 0 amide bonds. The van der Waals surface area contributed by atoms with Gasteiger partial charge in [-0.3, -0.25) is 0 Å². The van der Waals surface area contributed by atoms with Crippen LogP contribution in [-0.2, 0) is 22.1 Å². The van der Waals surface area contributed by atoms with Crippen molar-refractivity contribution in [2.24, 2.45) is 0 Å². The average molecular weight is 447 g/mol. The normalized spacial score (nSPS) is 15.0. The Labute approximate surface area is 166 Å². The summed E-state index contributed by atoms with van der Waals surface area (Å²) in [5, 5.41) is 0.686. The number of fused-ring (bicyclic) bond motifs is 1.